The summed E-state index contributed by atoms with van der Waals surface area (Å²) < 4.78 is 5.41. The number of carbonyl (C=O) groups excluding carboxylic acids is 1. The third-order valence-electron chi connectivity index (χ3n) is 6.28. The molecule has 0 radical (unpaired) electrons. The highest BCUT2D eigenvalue weighted by atomic mass is 32.2. The quantitative estimate of drug-likeness (QED) is 0.372. The van der Waals surface area contributed by atoms with E-state index in [1.165, 1.54) is 28.5 Å². The van der Waals surface area contributed by atoms with Crippen molar-refractivity contribution in [2.75, 3.05) is 25.6 Å². The average Bonchev–Trinajstić information content (AvgIpc) is 3.36. The molecule has 2 aliphatic heterocycles. The molecule has 0 atom stereocenters. The summed E-state index contributed by atoms with van der Waals surface area (Å²) in [6.45, 7) is 4.75. The number of nitrogens with zero attached hydrogens (tertiary/aromatic N) is 3. The molecule has 0 spiro atoms. The number of hydrogen-bond donors (Lipinski definition) is 0. The molecule has 0 saturated carbocycles. The van der Waals surface area contributed by atoms with Gasteiger partial charge in [-0.15, -0.1) is 0 Å². The lowest BCUT2D eigenvalue weighted by molar-refractivity contribution is -0.122. The van der Waals surface area contributed by atoms with Gasteiger partial charge in [-0.25, -0.2) is 4.99 Å². The summed E-state index contributed by atoms with van der Waals surface area (Å²) in [6.07, 6.45) is 0.766. The number of amides is 1. The van der Waals surface area contributed by atoms with Crippen LogP contribution >= 0.6 is 23.5 Å². The molecule has 0 unspecified atom stereocenters. The first kappa shape index (κ1) is 23.6. The van der Waals surface area contributed by atoms with Crippen molar-refractivity contribution in [1.29, 1.82) is 0 Å². The first-order valence-electron chi connectivity index (χ1n) is 11.5. The molecular weight excluding hydrogens is 474 g/mol. The van der Waals surface area contributed by atoms with Crippen molar-refractivity contribution in [3.05, 3.63) is 93.4 Å². The second-order valence-electron chi connectivity index (χ2n) is 8.59. The zero-order valence-corrected chi connectivity index (χ0v) is 21.9. The second-order valence-corrected chi connectivity index (χ2v) is 10.6. The van der Waals surface area contributed by atoms with Crippen LogP contribution in [0.4, 0.5) is 11.4 Å². The van der Waals surface area contributed by atoms with Gasteiger partial charge in [-0.3, -0.25) is 9.69 Å². The molecule has 0 aromatic heterocycles. The number of anilines is 1. The summed E-state index contributed by atoms with van der Waals surface area (Å²) in [5.74, 6) is 0.803. The predicted molar refractivity (Wildman–Crippen MR) is 147 cm³/mol. The Labute approximate surface area is 214 Å². The molecule has 5 nitrogen and oxygen atoms in total. The number of ether oxygens (including phenoxy) is 1. The summed E-state index contributed by atoms with van der Waals surface area (Å²) >= 11 is 3.08. The number of thioether (sulfide) groups is 2. The summed E-state index contributed by atoms with van der Waals surface area (Å²) in [4.78, 5) is 24.4. The second kappa shape index (κ2) is 9.84. The maximum absolute atomic E-state index is 13.8. The van der Waals surface area contributed by atoms with Gasteiger partial charge in [0.1, 0.15) is 10.7 Å². The third-order valence-corrected chi connectivity index (χ3v) is 8.71. The number of benzene rings is 3. The summed E-state index contributed by atoms with van der Waals surface area (Å²) in [5.41, 5.74) is 5.51. The number of rotatable bonds is 5. The maximum atomic E-state index is 13.8. The molecule has 2 aliphatic rings. The number of aliphatic imine (C=N–C) groups is 1. The molecule has 3 aromatic rings. The van der Waals surface area contributed by atoms with Crippen molar-refractivity contribution in [1.82, 2.24) is 4.90 Å². The Balaban J connectivity index is 1.51. The Morgan fingerprint density at radius 3 is 2.49 bits per heavy atom. The fourth-order valence-corrected chi connectivity index (χ4v) is 6.41. The van der Waals surface area contributed by atoms with E-state index in [0.29, 0.717) is 11.4 Å². The Morgan fingerprint density at radius 2 is 1.74 bits per heavy atom. The van der Waals surface area contributed by atoms with Gasteiger partial charge in [-0.2, -0.15) is 0 Å². The number of methoxy groups -OCH3 is 1. The Morgan fingerprint density at radius 1 is 0.943 bits per heavy atom. The van der Waals surface area contributed by atoms with Gasteiger partial charge in [0.2, 0.25) is 0 Å². The lowest BCUT2D eigenvalue weighted by Gasteiger charge is -2.17. The lowest BCUT2D eigenvalue weighted by Crippen LogP contribution is -2.31. The summed E-state index contributed by atoms with van der Waals surface area (Å²) in [7, 11) is 3.67. The van der Waals surface area contributed by atoms with E-state index in [0.717, 1.165) is 38.6 Å². The van der Waals surface area contributed by atoms with E-state index >= 15 is 0 Å². The Kier molecular flexibility index (Phi) is 6.62. The molecule has 3 aromatic carbocycles. The smallest absolute Gasteiger partial charge is 0.269 e. The molecule has 0 N–H and O–H groups in total. The largest absolute Gasteiger partial charge is 0.497 e. The van der Waals surface area contributed by atoms with Crippen molar-refractivity contribution in [2.45, 2.75) is 25.2 Å². The standard InChI is InChI=1S/C28H27N3O2S2/c1-18-10-11-21(16-19(18)2)29-28-31(15-14-20-8-6-5-7-9-20)26(32)25(35-28)27-30(3)23-17-22(33-4)12-13-24(23)34-27/h5-13,16-17H,14-15H2,1-4H3. The molecule has 5 rings (SSSR count). The van der Waals surface area contributed by atoms with E-state index in [9.17, 15) is 4.79 Å². The first-order valence-corrected chi connectivity index (χ1v) is 13.1. The highest BCUT2D eigenvalue weighted by Gasteiger charge is 2.39. The van der Waals surface area contributed by atoms with Crippen LogP contribution in [0.1, 0.15) is 16.7 Å². The molecule has 7 heteroatoms. The molecule has 2 heterocycles. The molecule has 0 aliphatic carbocycles. The van der Waals surface area contributed by atoms with E-state index in [1.807, 2.05) is 54.4 Å². The van der Waals surface area contributed by atoms with Crippen LogP contribution in [0.3, 0.4) is 0 Å². The van der Waals surface area contributed by atoms with Crippen molar-refractivity contribution in [3.8, 4) is 5.75 Å². The van der Waals surface area contributed by atoms with Gasteiger partial charge in [-0.1, -0.05) is 48.2 Å². The molecular formula is C28H27N3O2S2. The van der Waals surface area contributed by atoms with Crippen LogP contribution in [0.15, 0.2) is 86.6 Å². The van der Waals surface area contributed by atoms with Crippen LogP contribution in [-0.4, -0.2) is 36.7 Å². The first-order chi connectivity index (χ1) is 16.9. The molecule has 1 fully saturated rings. The van der Waals surface area contributed by atoms with Crippen molar-refractivity contribution in [2.24, 2.45) is 4.99 Å². The van der Waals surface area contributed by atoms with E-state index in [2.05, 4.69) is 43.0 Å². The predicted octanol–water partition coefficient (Wildman–Crippen LogP) is 6.53. The zero-order valence-electron chi connectivity index (χ0n) is 20.2. The van der Waals surface area contributed by atoms with Gasteiger partial charge in [-0.05, 0) is 73.0 Å². The SMILES string of the molecule is COc1ccc2c(c1)N(C)C(=C1SC(=Nc3ccc(C)c(C)c3)N(CCc3ccccc3)C1=O)S2. The molecule has 35 heavy (non-hydrogen) atoms. The van der Waals surface area contributed by atoms with E-state index in [1.54, 1.807) is 18.9 Å². The molecule has 0 bridgehead atoms. The monoisotopic (exact) mass is 501 g/mol. The fourth-order valence-electron chi connectivity index (χ4n) is 4.06. The third kappa shape index (κ3) is 4.70. The maximum Gasteiger partial charge on any atom is 0.269 e. The van der Waals surface area contributed by atoms with Gasteiger partial charge in [0.15, 0.2) is 5.17 Å². The molecule has 1 saturated heterocycles. The van der Waals surface area contributed by atoms with Gasteiger partial charge >= 0.3 is 0 Å². The van der Waals surface area contributed by atoms with E-state index in [4.69, 9.17) is 9.73 Å². The zero-order chi connectivity index (χ0) is 24.5. The Hall–Kier alpha value is -3.16. The minimum atomic E-state index is 0.00244. The van der Waals surface area contributed by atoms with Gasteiger partial charge in [0.25, 0.3) is 5.91 Å². The number of fused-ring (bicyclic) bond motifs is 1. The summed E-state index contributed by atoms with van der Waals surface area (Å²) in [6, 6.07) is 22.4. The number of hydrogen-bond acceptors (Lipinski definition) is 6. The van der Waals surface area contributed by atoms with Crippen LogP contribution in [-0.2, 0) is 11.2 Å². The van der Waals surface area contributed by atoms with Gasteiger partial charge in [0, 0.05) is 24.6 Å². The number of carbonyl (C=O) groups is 1. The van der Waals surface area contributed by atoms with Crippen molar-refractivity contribution in [3.63, 3.8) is 0 Å². The van der Waals surface area contributed by atoms with Crippen LogP contribution in [0.2, 0.25) is 0 Å². The number of amidine groups is 1. The minimum Gasteiger partial charge on any atom is -0.497 e. The van der Waals surface area contributed by atoms with Gasteiger partial charge in [0.05, 0.1) is 23.5 Å². The average molecular weight is 502 g/mol. The van der Waals surface area contributed by atoms with E-state index in [-0.39, 0.29) is 5.91 Å². The van der Waals surface area contributed by atoms with Crippen molar-refractivity contribution >= 4 is 46.0 Å². The highest BCUT2D eigenvalue weighted by Crippen LogP contribution is 2.51. The topological polar surface area (TPSA) is 45.1 Å². The van der Waals surface area contributed by atoms with Crippen LogP contribution in [0.5, 0.6) is 5.75 Å². The highest BCUT2D eigenvalue weighted by molar-refractivity contribution is 8.19. The van der Waals surface area contributed by atoms with E-state index < -0.39 is 0 Å². The number of aryl methyl sites for hydroxylation is 2. The van der Waals surface area contributed by atoms with Crippen LogP contribution < -0.4 is 9.64 Å². The lowest BCUT2D eigenvalue weighted by atomic mass is 10.1. The fraction of sp³-hybridized carbons (Fsp3) is 0.214. The molecule has 178 valence electrons. The minimum absolute atomic E-state index is 0.00244. The van der Waals surface area contributed by atoms with Crippen molar-refractivity contribution < 1.29 is 9.53 Å². The molecule has 1 amide bonds. The van der Waals surface area contributed by atoms with Gasteiger partial charge < -0.3 is 9.64 Å². The normalized spacial score (nSPS) is 18.5. The van der Waals surface area contributed by atoms with Crippen LogP contribution in [0, 0.1) is 13.8 Å². The Bertz CT molecular complexity index is 1350. The van der Waals surface area contributed by atoms with Crippen LogP contribution in [0.25, 0.3) is 0 Å². The summed E-state index contributed by atoms with van der Waals surface area (Å²) in [5, 5.41) is 1.65.